The van der Waals surface area contributed by atoms with Crippen LogP contribution in [0.15, 0.2) is 11.1 Å². The van der Waals surface area contributed by atoms with Gasteiger partial charge in [-0.2, -0.15) is 5.10 Å². The standard InChI is InChI=1S/C14H25N3O3S/c1-10(20-14(2,3)4)8-16-21(18,19)12-9-15-17-13(12)11-6-5-7-11/h9-11,16H,5-8H2,1-4H3,(H,15,17). The van der Waals surface area contributed by atoms with E-state index in [-0.39, 0.29) is 23.1 Å². The number of nitrogens with one attached hydrogen (secondary N) is 2. The molecule has 0 saturated heterocycles. The molecule has 0 amide bonds. The number of aromatic amines is 1. The Morgan fingerprint density at radius 3 is 2.67 bits per heavy atom. The van der Waals surface area contributed by atoms with Crippen LogP contribution in [0.25, 0.3) is 0 Å². The van der Waals surface area contributed by atoms with Crippen LogP contribution in [-0.2, 0) is 14.8 Å². The second-order valence-corrected chi connectivity index (χ2v) is 8.40. The maximum Gasteiger partial charge on any atom is 0.244 e. The van der Waals surface area contributed by atoms with E-state index in [0.717, 1.165) is 25.0 Å². The van der Waals surface area contributed by atoms with Crippen molar-refractivity contribution in [3.63, 3.8) is 0 Å². The molecule has 0 aromatic carbocycles. The normalized spacial score (nSPS) is 18.5. The summed E-state index contributed by atoms with van der Waals surface area (Å²) >= 11 is 0. The van der Waals surface area contributed by atoms with E-state index in [4.69, 9.17) is 4.74 Å². The zero-order chi connectivity index (χ0) is 15.7. The molecule has 1 aliphatic rings. The van der Waals surface area contributed by atoms with Crippen LogP contribution in [0.4, 0.5) is 0 Å². The Morgan fingerprint density at radius 2 is 2.14 bits per heavy atom. The van der Waals surface area contributed by atoms with E-state index in [1.807, 2.05) is 27.7 Å². The summed E-state index contributed by atoms with van der Waals surface area (Å²) in [6.07, 6.45) is 4.39. The fourth-order valence-electron chi connectivity index (χ4n) is 2.44. The number of H-pyrrole nitrogens is 1. The number of sulfonamides is 1. The fraction of sp³-hybridized carbons (Fsp3) is 0.786. The number of ether oxygens (including phenoxy) is 1. The predicted octanol–water partition coefficient (Wildman–Crippen LogP) is 2.16. The van der Waals surface area contributed by atoms with Crippen molar-refractivity contribution in [3.8, 4) is 0 Å². The van der Waals surface area contributed by atoms with E-state index in [9.17, 15) is 8.42 Å². The smallest absolute Gasteiger partial charge is 0.244 e. The van der Waals surface area contributed by atoms with Gasteiger partial charge in [-0.15, -0.1) is 0 Å². The first kappa shape index (κ1) is 16.5. The van der Waals surface area contributed by atoms with Crippen LogP contribution in [0, 0.1) is 0 Å². The molecule has 1 heterocycles. The van der Waals surface area contributed by atoms with Gasteiger partial charge < -0.3 is 4.74 Å². The second kappa shape index (κ2) is 6.06. The van der Waals surface area contributed by atoms with Gasteiger partial charge >= 0.3 is 0 Å². The van der Waals surface area contributed by atoms with Crippen LogP contribution in [0.5, 0.6) is 0 Å². The average molecular weight is 315 g/mol. The number of rotatable bonds is 6. The molecule has 21 heavy (non-hydrogen) atoms. The maximum atomic E-state index is 12.4. The zero-order valence-corrected chi connectivity index (χ0v) is 14.0. The summed E-state index contributed by atoms with van der Waals surface area (Å²) in [5.74, 6) is 0.294. The van der Waals surface area contributed by atoms with Gasteiger partial charge in [-0.1, -0.05) is 6.42 Å². The van der Waals surface area contributed by atoms with Gasteiger partial charge in [0.1, 0.15) is 4.90 Å². The van der Waals surface area contributed by atoms with Crippen molar-refractivity contribution in [3.05, 3.63) is 11.9 Å². The maximum absolute atomic E-state index is 12.4. The molecule has 7 heteroatoms. The van der Waals surface area contributed by atoms with Crippen molar-refractivity contribution in [2.24, 2.45) is 0 Å². The van der Waals surface area contributed by atoms with Crippen molar-refractivity contribution >= 4 is 10.0 Å². The molecule has 1 fully saturated rings. The SMILES string of the molecule is CC(CNS(=O)(=O)c1cn[nH]c1C1CCC1)OC(C)(C)C. The van der Waals surface area contributed by atoms with Crippen molar-refractivity contribution in [2.75, 3.05) is 6.54 Å². The van der Waals surface area contributed by atoms with E-state index in [2.05, 4.69) is 14.9 Å². The van der Waals surface area contributed by atoms with Crippen LogP contribution in [0.2, 0.25) is 0 Å². The quantitative estimate of drug-likeness (QED) is 0.842. The first-order valence-electron chi connectivity index (χ1n) is 7.40. The fourth-order valence-corrected chi connectivity index (χ4v) is 3.74. The molecule has 1 atom stereocenters. The summed E-state index contributed by atoms with van der Waals surface area (Å²) in [7, 11) is -3.54. The van der Waals surface area contributed by atoms with Gasteiger partial charge in [0.25, 0.3) is 0 Å². The molecular formula is C14H25N3O3S. The van der Waals surface area contributed by atoms with Crippen LogP contribution in [-0.4, -0.2) is 36.9 Å². The van der Waals surface area contributed by atoms with E-state index in [1.165, 1.54) is 6.20 Å². The molecule has 6 nitrogen and oxygen atoms in total. The summed E-state index contributed by atoms with van der Waals surface area (Å²) in [5.41, 5.74) is 0.440. The van der Waals surface area contributed by atoms with Crippen molar-refractivity contribution < 1.29 is 13.2 Å². The Labute approximate surface area is 126 Å². The van der Waals surface area contributed by atoms with Crippen LogP contribution < -0.4 is 4.72 Å². The first-order valence-corrected chi connectivity index (χ1v) is 8.88. The van der Waals surface area contributed by atoms with Crippen LogP contribution in [0.3, 0.4) is 0 Å². The highest BCUT2D eigenvalue weighted by Crippen LogP contribution is 2.37. The monoisotopic (exact) mass is 315 g/mol. The molecule has 0 bridgehead atoms. The molecular weight excluding hydrogens is 290 g/mol. The van der Waals surface area contributed by atoms with Crippen LogP contribution >= 0.6 is 0 Å². The molecule has 0 aliphatic heterocycles. The molecule has 1 aromatic rings. The van der Waals surface area contributed by atoms with E-state index in [0.29, 0.717) is 5.92 Å². The highest BCUT2D eigenvalue weighted by molar-refractivity contribution is 7.89. The summed E-state index contributed by atoms with van der Waals surface area (Å²) in [6, 6.07) is 0. The largest absolute Gasteiger partial charge is 0.372 e. The lowest BCUT2D eigenvalue weighted by atomic mass is 9.83. The summed E-state index contributed by atoms with van der Waals surface area (Å²) in [5, 5.41) is 6.74. The molecule has 1 aliphatic carbocycles. The summed E-state index contributed by atoms with van der Waals surface area (Å²) in [4.78, 5) is 0.273. The minimum absolute atomic E-state index is 0.196. The lowest BCUT2D eigenvalue weighted by Gasteiger charge is -2.26. The third-order valence-corrected chi connectivity index (χ3v) is 5.00. The lowest BCUT2D eigenvalue weighted by Crippen LogP contribution is -2.36. The Kier molecular flexibility index (Phi) is 4.75. The lowest BCUT2D eigenvalue weighted by molar-refractivity contribution is -0.0480. The minimum atomic E-state index is -3.54. The van der Waals surface area contributed by atoms with Gasteiger partial charge in [0.2, 0.25) is 10.0 Å². The molecule has 1 unspecified atom stereocenters. The molecule has 2 rings (SSSR count). The number of hydrogen-bond acceptors (Lipinski definition) is 4. The van der Waals surface area contributed by atoms with Crippen molar-refractivity contribution in [1.29, 1.82) is 0 Å². The van der Waals surface area contributed by atoms with Gasteiger partial charge in [0.15, 0.2) is 0 Å². The third kappa shape index (κ3) is 4.28. The highest BCUT2D eigenvalue weighted by Gasteiger charge is 2.29. The zero-order valence-electron chi connectivity index (χ0n) is 13.1. The van der Waals surface area contributed by atoms with E-state index in [1.54, 1.807) is 0 Å². The van der Waals surface area contributed by atoms with Gasteiger partial charge in [0.05, 0.1) is 23.6 Å². The second-order valence-electron chi connectivity index (χ2n) is 6.67. The van der Waals surface area contributed by atoms with Gasteiger partial charge in [-0.3, -0.25) is 5.10 Å². The Bertz CT molecular complexity index is 571. The molecule has 120 valence electrons. The number of nitrogens with zero attached hydrogens (tertiary/aromatic N) is 1. The molecule has 0 spiro atoms. The van der Waals surface area contributed by atoms with Crippen molar-refractivity contribution in [2.45, 2.75) is 69.5 Å². The van der Waals surface area contributed by atoms with Gasteiger partial charge in [0, 0.05) is 12.5 Å². The van der Waals surface area contributed by atoms with Gasteiger partial charge in [-0.05, 0) is 40.5 Å². The van der Waals surface area contributed by atoms with E-state index < -0.39 is 10.0 Å². The molecule has 1 saturated carbocycles. The molecule has 2 N–H and O–H groups in total. The third-order valence-electron chi connectivity index (χ3n) is 3.55. The van der Waals surface area contributed by atoms with E-state index >= 15 is 0 Å². The highest BCUT2D eigenvalue weighted by atomic mass is 32.2. The average Bonchev–Trinajstić information content (AvgIpc) is 2.71. The van der Waals surface area contributed by atoms with Crippen molar-refractivity contribution in [1.82, 2.24) is 14.9 Å². The Hall–Kier alpha value is -0.920. The molecule has 0 radical (unpaired) electrons. The number of aromatic nitrogens is 2. The van der Waals surface area contributed by atoms with Crippen LogP contribution in [0.1, 0.15) is 58.6 Å². The van der Waals surface area contributed by atoms with Gasteiger partial charge in [-0.25, -0.2) is 13.1 Å². The first-order chi connectivity index (χ1) is 9.69. The topological polar surface area (TPSA) is 84.1 Å². The summed E-state index contributed by atoms with van der Waals surface area (Å²) < 4.78 is 33.1. The Balaban J connectivity index is 2.00. The number of hydrogen-bond donors (Lipinski definition) is 2. The molecule has 1 aromatic heterocycles. The predicted molar refractivity (Wildman–Crippen MR) is 80.7 cm³/mol. The Morgan fingerprint density at radius 1 is 1.48 bits per heavy atom. The minimum Gasteiger partial charge on any atom is -0.372 e. The summed E-state index contributed by atoms with van der Waals surface area (Å²) in [6.45, 7) is 7.94.